The van der Waals surface area contributed by atoms with Crippen LogP contribution in [0.3, 0.4) is 0 Å². The number of nitrogens with zero attached hydrogens (tertiary/aromatic N) is 2. The number of benzene rings is 1. The van der Waals surface area contributed by atoms with Gasteiger partial charge >= 0.3 is 0 Å². The molecular formula is C13H16BrN3. The molecule has 90 valence electrons. The summed E-state index contributed by atoms with van der Waals surface area (Å²) in [6.45, 7) is 0. The quantitative estimate of drug-likeness (QED) is 0.940. The summed E-state index contributed by atoms with van der Waals surface area (Å²) < 4.78 is 3.11. The van der Waals surface area contributed by atoms with Gasteiger partial charge in [0.05, 0.1) is 0 Å². The van der Waals surface area contributed by atoms with Gasteiger partial charge in [-0.15, -0.1) is 0 Å². The van der Waals surface area contributed by atoms with Gasteiger partial charge in [-0.2, -0.15) is 0 Å². The Kier molecular flexibility index (Phi) is 3.97. The van der Waals surface area contributed by atoms with E-state index in [9.17, 15) is 0 Å². The molecule has 1 heterocycles. The summed E-state index contributed by atoms with van der Waals surface area (Å²) in [5, 5.41) is 0. The lowest BCUT2D eigenvalue weighted by Crippen LogP contribution is -2.26. The highest BCUT2D eigenvalue weighted by Gasteiger charge is 2.08. The maximum Gasteiger partial charge on any atom is 0.109 e. The second kappa shape index (κ2) is 5.47. The van der Waals surface area contributed by atoms with E-state index in [4.69, 9.17) is 5.73 Å². The zero-order valence-corrected chi connectivity index (χ0v) is 11.4. The van der Waals surface area contributed by atoms with Crippen LogP contribution in [0.25, 0.3) is 0 Å². The lowest BCUT2D eigenvalue weighted by atomic mass is 10.0. The number of nitrogens with two attached hydrogens (primary N) is 1. The molecule has 0 aliphatic heterocycles. The molecule has 4 heteroatoms. The minimum absolute atomic E-state index is 0.109. The molecule has 1 aromatic carbocycles. The lowest BCUT2D eigenvalue weighted by molar-refractivity contribution is 0.622. The van der Waals surface area contributed by atoms with Crippen LogP contribution in [0.4, 0.5) is 0 Å². The molecule has 1 aromatic heterocycles. The molecule has 2 N–H and O–H groups in total. The summed E-state index contributed by atoms with van der Waals surface area (Å²) in [6.07, 6.45) is 5.43. The van der Waals surface area contributed by atoms with Crippen LogP contribution in [0.15, 0.2) is 41.1 Å². The molecule has 0 saturated carbocycles. The third-order valence-electron chi connectivity index (χ3n) is 2.78. The van der Waals surface area contributed by atoms with Gasteiger partial charge in [-0.05, 0) is 24.1 Å². The molecule has 0 bridgehead atoms. The average molecular weight is 294 g/mol. The van der Waals surface area contributed by atoms with Gasteiger partial charge < -0.3 is 10.3 Å². The number of hydrogen-bond acceptors (Lipinski definition) is 2. The van der Waals surface area contributed by atoms with Crippen molar-refractivity contribution in [2.45, 2.75) is 18.9 Å². The summed E-state index contributed by atoms with van der Waals surface area (Å²) in [5.74, 6) is 1.04. The first-order valence-corrected chi connectivity index (χ1v) is 6.40. The average Bonchev–Trinajstić information content (AvgIpc) is 2.68. The van der Waals surface area contributed by atoms with E-state index in [0.29, 0.717) is 0 Å². The first kappa shape index (κ1) is 12.3. The van der Waals surface area contributed by atoms with E-state index in [2.05, 4.69) is 33.0 Å². The summed E-state index contributed by atoms with van der Waals surface area (Å²) >= 11 is 3.43. The number of imidazole rings is 1. The largest absolute Gasteiger partial charge is 0.338 e. The van der Waals surface area contributed by atoms with Crippen molar-refractivity contribution in [1.82, 2.24) is 9.55 Å². The van der Waals surface area contributed by atoms with Gasteiger partial charge in [-0.3, -0.25) is 0 Å². The van der Waals surface area contributed by atoms with E-state index >= 15 is 0 Å². The van der Waals surface area contributed by atoms with Crippen molar-refractivity contribution in [2.75, 3.05) is 0 Å². The normalized spacial score (nSPS) is 12.6. The Balaban J connectivity index is 1.95. The number of halogens is 1. The Morgan fingerprint density at radius 1 is 1.29 bits per heavy atom. The molecule has 0 aliphatic carbocycles. The Hall–Kier alpha value is -1.13. The zero-order chi connectivity index (χ0) is 12.3. The standard InChI is InChI=1S/C13H16BrN3/c1-17-7-6-16-13(17)9-12(15)8-10-2-4-11(14)5-3-10/h2-7,12H,8-9,15H2,1H3. The molecule has 0 radical (unpaired) electrons. The number of rotatable bonds is 4. The SMILES string of the molecule is Cn1ccnc1CC(N)Cc1ccc(Br)cc1. The number of hydrogen-bond donors (Lipinski definition) is 1. The molecule has 0 aliphatic rings. The van der Waals surface area contributed by atoms with Crippen molar-refractivity contribution >= 4 is 15.9 Å². The third kappa shape index (κ3) is 3.41. The van der Waals surface area contributed by atoms with Gasteiger partial charge in [-0.1, -0.05) is 28.1 Å². The minimum atomic E-state index is 0.109. The monoisotopic (exact) mass is 293 g/mol. The van der Waals surface area contributed by atoms with Crippen LogP contribution in [-0.2, 0) is 19.9 Å². The van der Waals surface area contributed by atoms with E-state index in [-0.39, 0.29) is 6.04 Å². The van der Waals surface area contributed by atoms with Gasteiger partial charge in [0.2, 0.25) is 0 Å². The molecule has 1 atom stereocenters. The van der Waals surface area contributed by atoms with E-state index < -0.39 is 0 Å². The predicted octanol–water partition coefficient (Wildman–Crippen LogP) is 2.30. The van der Waals surface area contributed by atoms with Crippen LogP contribution in [-0.4, -0.2) is 15.6 Å². The highest BCUT2D eigenvalue weighted by molar-refractivity contribution is 9.10. The van der Waals surface area contributed by atoms with Crippen molar-refractivity contribution in [3.8, 4) is 0 Å². The second-order valence-electron chi connectivity index (χ2n) is 4.25. The molecular weight excluding hydrogens is 278 g/mol. The number of aromatic nitrogens is 2. The first-order chi connectivity index (χ1) is 8.15. The number of aryl methyl sites for hydroxylation is 1. The van der Waals surface area contributed by atoms with Crippen molar-refractivity contribution in [3.05, 3.63) is 52.5 Å². The summed E-state index contributed by atoms with van der Waals surface area (Å²) in [5.41, 5.74) is 7.40. The van der Waals surface area contributed by atoms with Gasteiger partial charge in [0.25, 0.3) is 0 Å². The van der Waals surface area contributed by atoms with Gasteiger partial charge in [0.1, 0.15) is 5.82 Å². The van der Waals surface area contributed by atoms with Crippen LogP contribution in [0.5, 0.6) is 0 Å². The Morgan fingerprint density at radius 2 is 2.00 bits per heavy atom. The fourth-order valence-corrected chi connectivity index (χ4v) is 2.09. The molecule has 0 fully saturated rings. The fourth-order valence-electron chi connectivity index (χ4n) is 1.82. The molecule has 1 unspecified atom stereocenters. The summed E-state index contributed by atoms with van der Waals surface area (Å²) in [7, 11) is 1.99. The first-order valence-electron chi connectivity index (χ1n) is 5.61. The lowest BCUT2D eigenvalue weighted by Gasteiger charge is -2.11. The molecule has 0 saturated heterocycles. The van der Waals surface area contributed by atoms with Crippen molar-refractivity contribution in [2.24, 2.45) is 12.8 Å². The van der Waals surface area contributed by atoms with Gasteiger partial charge in [0.15, 0.2) is 0 Å². The molecule has 3 nitrogen and oxygen atoms in total. The zero-order valence-electron chi connectivity index (χ0n) is 9.81. The highest BCUT2D eigenvalue weighted by Crippen LogP contribution is 2.12. The molecule has 2 rings (SSSR count). The van der Waals surface area contributed by atoms with Crippen molar-refractivity contribution < 1.29 is 0 Å². The summed E-state index contributed by atoms with van der Waals surface area (Å²) in [4.78, 5) is 4.29. The maximum absolute atomic E-state index is 6.14. The van der Waals surface area contributed by atoms with Gasteiger partial charge in [0, 0.05) is 36.4 Å². The Morgan fingerprint density at radius 3 is 2.59 bits per heavy atom. The third-order valence-corrected chi connectivity index (χ3v) is 3.31. The van der Waals surface area contributed by atoms with Crippen LogP contribution in [0.1, 0.15) is 11.4 Å². The Labute approximate surface area is 110 Å². The smallest absolute Gasteiger partial charge is 0.109 e. The van der Waals surface area contributed by atoms with E-state index in [1.165, 1.54) is 5.56 Å². The van der Waals surface area contributed by atoms with Crippen LogP contribution >= 0.6 is 15.9 Å². The molecule has 17 heavy (non-hydrogen) atoms. The minimum Gasteiger partial charge on any atom is -0.338 e. The Bertz CT molecular complexity index is 476. The van der Waals surface area contributed by atoms with Crippen LogP contribution in [0.2, 0.25) is 0 Å². The predicted molar refractivity (Wildman–Crippen MR) is 72.7 cm³/mol. The maximum atomic E-state index is 6.14. The molecule has 0 spiro atoms. The van der Waals surface area contributed by atoms with Crippen LogP contribution < -0.4 is 5.73 Å². The highest BCUT2D eigenvalue weighted by atomic mass is 79.9. The van der Waals surface area contributed by atoms with Crippen molar-refractivity contribution in [3.63, 3.8) is 0 Å². The molecule has 2 aromatic rings. The van der Waals surface area contributed by atoms with E-state index in [0.717, 1.165) is 23.1 Å². The fraction of sp³-hybridized carbons (Fsp3) is 0.308. The topological polar surface area (TPSA) is 43.8 Å². The molecule has 0 amide bonds. The summed E-state index contributed by atoms with van der Waals surface area (Å²) in [6, 6.07) is 8.40. The van der Waals surface area contributed by atoms with E-state index in [1.54, 1.807) is 0 Å². The van der Waals surface area contributed by atoms with Crippen LogP contribution in [0, 0.1) is 0 Å². The van der Waals surface area contributed by atoms with Gasteiger partial charge in [-0.25, -0.2) is 4.98 Å². The van der Waals surface area contributed by atoms with E-state index in [1.807, 2.05) is 36.1 Å². The second-order valence-corrected chi connectivity index (χ2v) is 5.16. The van der Waals surface area contributed by atoms with Crippen molar-refractivity contribution in [1.29, 1.82) is 0 Å².